The van der Waals surface area contributed by atoms with Crippen molar-refractivity contribution in [2.45, 2.75) is 51.1 Å². The van der Waals surface area contributed by atoms with Gasteiger partial charge in [-0.1, -0.05) is 25.7 Å². The quantitative estimate of drug-likeness (QED) is 0.832. The van der Waals surface area contributed by atoms with Gasteiger partial charge in [0.25, 0.3) is 5.56 Å². The van der Waals surface area contributed by atoms with E-state index in [2.05, 4.69) is 10.4 Å². The highest BCUT2D eigenvalue weighted by molar-refractivity contribution is 5.40. The number of anilines is 1. The van der Waals surface area contributed by atoms with Crippen LogP contribution in [0.3, 0.4) is 0 Å². The Kier molecular flexibility index (Phi) is 5.59. The molecule has 0 saturated heterocycles. The lowest BCUT2D eigenvalue weighted by Gasteiger charge is -2.16. The number of hydrogen-bond acceptors (Lipinski definition) is 4. The molecular weight excluding hydrogens is 252 g/mol. The van der Waals surface area contributed by atoms with E-state index < -0.39 is 0 Å². The van der Waals surface area contributed by atoms with Crippen LogP contribution in [-0.2, 0) is 6.54 Å². The summed E-state index contributed by atoms with van der Waals surface area (Å²) < 4.78 is 1.54. The number of nitrogens with one attached hydrogen (secondary N) is 1. The Hall–Kier alpha value is -1.36. The number of nitrogens with zero attached hydrogens (tertiary/aromatic N) is 3. The first-order chi connectivity index (χ1) is 9.66. The SMILES string of the molecule is CN(C)c1cnn(CCNC2CCCCCC2)c(=O)c1. The summed E-state index contributed by atoms with van der Waals surface area (Å²) in [6.07, 6.45) is 9.66. The van der Waals surface area contributed by atoms with Crippen molar-refractivity contribution in [3.63, 3.8) is 0 Å². The van der Waals surface area contributed by atoms with Crippen LogP contribution in [0.2, 0.25) is 0 Å². The Morgan fingerprint density at radius 1 is 1.30 bits per heavy atom. The summed E-state index contributed by atoms with van der Waals surface area (Å²) in [6.45, 7) is 1.46. The van der Waals surface area contributed by atoms with E-state index in [0.29, 0.717) is 12.6 Å². The standard InChI is InChI=1S/C15H26N4O/c1-18(2)14-11-15(20)19(17-12-14)10-9-16-13-7-5-3-4-6-8-13/h11-13,16H,3-10H2,1-2H3. The van der Waals surface area contributed by atoms with Crippen molar-refractivity contribution >= 4 is 5.69 Å². The lowest BCUT2D eigenvalue weighted by molar-refractivity contribution is 0.431. The van der Waals surface area contributed by atoms with E-state index in [-0.39, 0.29) is 5.56 Å². The molecule has 1 saturated carbocycles. The zero-order chi connectivity index (χ0) is 14.4. The van der Waals surface area contributed by atoms with E-state index in [4.69, 9.17) is 0 Å². The van der Waals surface area contributed by atoms with Gasteiger partial charge in [0.05, 0.1) is 18.4 Å². The van der Waals surface area contributed by atoms with Gasteiger partial charge in [-0.2, -0.15) is 5.10 Å². The maximum Gasteiger partial charge on any atom is 0.268 e. The molecule has 0 atom stereocenters. The minimum atomic E-state index is -0.0288. The second-order valence-electron chi connectivity index (χ2n) is 5.81. The largest absolute Gasteiger partial charge is 0.376 e. The van der Waals surface area contributed by atoms with Crippen LogP contribution in [0.1, 0.15) is 38.5 Å². The van der Waals surface area contributed by atoms with Crippen molar-refractivity contribution in [3.8, 4) is 0 Å². The Balaban J connectivity index is 1.83. The van der Waals surface area contributed by atoms with E-state index in [1.807, 2.05) is 19.0 Å². The molecule has 1 aromatic heterocycles. The van der Waals surface area contributed by atoms with Gasteiger partial charge in [-0.05, 0) is 12.8 Å². The fourth-order valence-corrected chi connectivity index (χ4v) is 2.69. The molecule has 2 rings (SSSR count). The molecule has 0 aliphatic heterocycles. The summed E-state index contributed by atoms with van der Waals surface area (Å²) in [7, 11) is 3.82. The highest BCUT2D eigenvalue weighted by Crippen LogP contribution is 2.16. The van der Waals surface area contributed by atoms with Gasteiger partial charge in [-0.3, -0.25) is 4.79 Å². The topological polar surface area (TPSA) is 50.2 Å². The third-order valence-corrected chi connectivity index (χ3v) is 3.98. The van der Waals surface area contributed by atoms with Gasteiger partial charge in [0.15, 0.2) is 0 Å². The zero-order valence-electron chi connectivity index (χ0n) is 12.6. The Bertz CT molecular complexity index is 461. The van der Waals surface area contributed by atoms with Crippen molar-refractivity contribution < 1.29 is 0 Å². The Labute approximate surface area is 121 Å². The van der Waals surface area contributed by atoms with Crippen LogP contribution < -0.4 is 15.8 Å². The molecule has 0 unspecified atom stereocenters. The molecule has 1 N–H and O–H groups in total. The van der Waals surface area contributed by atoms with Crippen molar-refractivity contribution in [2.75, 3.05) is 25.5 Å². The summed E-state index contributed by atoms with van der Waals surface area (Å²) in [4.78, 5) is 13.8. The van der Waals surface area contributed by atoms with Gasteiger partial charge in [0.2, 0.25) is 0 Å². The van der Waals surface area contributed by atoms with Crippen molar-refractivity contribution in [3.05, 3.63) is 22.6 Å². The van der Waals surface area contributed by atoms with Gasteiger partial charge in [-0.15, -0.1) is 0 Å². The fourth-order valence-electron chi connectivity index (χ4n) is 2.69. The monoisotopic (exact) mass is 278 g/mol. The summed E-state index contributed by atoms with van der Waals surface area (Å²) in [5, 5.41) is 7.79. The van der Waals surface area contributed by atoms with E-state index in [9.17, 15) is 4.79 Å². The van der Waals surface area contributed by atoms with Gasteiger partial charge >= 0.3 is 0 Å². The molecule has 0 aromatic carbocycles. The van der Waals surface area contributed by atoms with Crippen molar-refractivity contribution in [2.24, 2.45) is 0 Å². The van der Waals surface area contributed by atoms with Crippen LogP contribution in [-0.4, -0.2) is 36.5 Å². The molecule has 1 heterocycles. The van der Waals surface area contributed by atoms with E-state index in [1.54, 1.807) is 12.3 Å². The van der Waals surface area contributed by atoms with Crippen LogP contribution in [0.4, 0.5) is 5.69 Å². The average Bonchev–Trinajstić information content (AvgIpc) is 2.69. The van der Waals surface area contributed by atoms with Crippen molar-refractivity contribution in [1.82, 2.24) is 15.1 Å². The smallest absolute Gasteiger partial charge is 0.268 e. The average molecular weight is 278 g/mol. The molecule has 1 aromatic rings. The van der Waals surface area contributed by atoms with Gasteiger partial charge in [-0.25, -0.2) is 4.68 Å². The third kappa shape index (κ3) is 4.34. The maximum absolute atomic E-state index is 11.9. The molecule has 1 fully saturated rings. The van der Waals surface area contributed by atoms with E-state index in [1.165, 1.54) is 43.2 Å². The highest BCUT2D eigenvalue weighted by atomic mass is 16.1. The molecule has 5 nitrogen and oxygen atoms in total. The molecule has 20 heavy (non-hydrogen) atoms. The molecule has 112 valence electrons. The number of hydrogen-bond donors (Lipinski definition) is 1. The second-order valence-corrected chi connectivity index (χ2v) is 5.81. The normalized spacial score (nSPS) is 16.9. The first-order valence-corrected chi connectivity index (χ1v) is 7.64. The molecule has 1 aliphatic rings. The van der Waals surface area contributed by atoms with Gasteiger partial charge in [0, 0.05) is 32.7 Å². The lowest BCUT2D eigenvalue weighted by Crippen LogP contribution is -2.34. The Morgan fingerprint density at radius 3 is 2.60 bits per heavy atom. The number of aromatic nitrogens is 2. The first-order valence-electron chi connectivity index (χ1n) is 7.64. The minimum Gasteiger partial charge on any atom is -0.376 e. The maximum atomic E-state index is 11.9. The summed E-state index contributed by atoms with van der Waals surface area (Å²) in [5.41, 5.74) is 0.821. The van der Waals surface area contributed by atoms with Crippen LogP contribution >= 0.6 is 0 Å². The first kappa shape index (κ1) is 15.0. The number of rotatable bonds is 5. The molecule has 0 bridgehead atoms. The molecule has 1 aliphatic carbocycles. The molecule has 0 spiro atoms. The predicted octanol–water partition coefficient (Wildman–Crippen LogP) is 1.62. The summed E-state index contributed by atoms with van der Waals surface area (Å²) >= 11 is 0. The summed E-state index contributed by atoms with van der Waals surface area (Å²) in [6, 6.07) is 2.26. The van der Waals surface area contributed by atoms with Crippen LogP contribution in [0.25, 0.3) is 0 Å². The second kappa shape index (κ2) is 7.43. The van der Waals surface area contributed by atoms with Gasteiger partial charge < -0.3 is 10.2 Å². The molecule has 0 radical (unpaired) electrons. The zero-order valence-corrected chi connectivity index (χ0v) is 12.6. The molecule has 5 heteroatoms. The molecule has 0 amide bonds. The van der Waals surface area contributed by atoms with Crippen LogP contribution in [0, 0.1) is 0 Å². The third-order valence-electron chi connectivity index (χ3n) is 3.98. The fraction of sp³-hybridized carbons (Fsp3) is 0.733. The lowest BCUT2D eigenvalue weighted by atomic mass is 10.1. The van der Waals surface area contributed by atoms with Gasteiger partial charge in [0.1, 0.15) is 0 Å². The Morgan fingerprint density at radius 2 is 2.00 bits per heavy atom. The van der Waals surface area contributed by atoms with E-state index >= 15 is 0 Å². The minimum absolute atomic E-state index is 0.0288. The molecular formula is C15H26N4O. The predicted molar refractivity (Wildman–Crippen MR) is 82.3 cm³/mol. The van der Waals surface area contributed by atoms with Crippen LogP contribution in [0.15, 0.2) is 17.1 Å². The van der Waals surface area contributed by atoms with Crippen molar-refractivity contribution in [1.29, 1.82) is 0 Å². The van der Waals surface area contributed by atoms with Crippen LogP contribution in [0.5, 0.6) is 0 Å². The highest BCUT2D eigenvalue weighted by Gasteiger charge is 2.11. The summed E-state index contributed by atoms with van der Waals surface area (Å²) in [5.74, 6) is 0. The van der Waals surface area contributed by atoms with E-state index in [0.717, 1.165) is 12.2 Å².